The predicted octanol–water partition coefficient (Wildman–Crippen LogP) is -1.55. The fourth-order valence-electron chi connectivity index (χ4n) is 1.13. The van der Waals surface area contributed by atoms with E-state index in [2.05, 4.69) is 0 Å². The molecule has 10 heavy (non-hydrogen) atoms. The van der Waals surface area contributed by atoms with E-state index < -0.39 is 18.3 Å². The van der Waals surface area contributed by atoms with E-state index in [4.69, 9.17) is 15.6 Å². The minimum Gasteiger partial charge on any atom is -0.388 e. The van der Waals surface area contributed by atoms with Crippen LogP contribution in [0, 0.1) is 0 Å². The van der Waals surface area contributed by atoms with E-state index in [1.807, 2.05) is 0 Å². The average molecular weight is 147 g/mol. The van der Waals surface area contributed by atoms with Crippen LogP contribution in [0.15, 0.2) is 0 Å². The van der Waals surface area contributed by atoms with Gasteiger partial charge in [-0.15, -0.1) is 0 Å². The van der Waals surface area contributed by atoms with Gasteiger partial charge in [0.15, 0.2) is 0 Å². The Kier molecular flexibility index (Phi) is 2.25. The van der Waals surface area contributed by atoms with E-state index in [-0.39, 0.29) is 12.6 Å². The zero-order chi connectivity index (χ0) is 7.72. The molecular weight excluding hydrogens is 134 g/mol. The van der Waals surface area contributed by atoms with Crippen molar-refractivity contribution in [2.45, 2.75) is 31.3 Å². The van der Waals surface area contributed by atoms with Crippen molar-refractivity contribution in [1.82, 2.24) is 0 Å². The molecule has 0 aromatic rings. The van der Waals surface area contributed by atoms with Gasteiger partial charge in [-0.1, -0.05) is 0 Å². The van der Waals surface area contributed by atoms with Crippen molar-refractivity contribution >= 4 is 0 Å². The summed E-state index contributed by atoms with van der Waals surface area (Å²) >= 11 is 0. The molecule has 0 aromatic heterocycles. The number of aliphatic hydroxyl groups excluding tert-OH is 2. The SMILES string of the molecule is C[C@@H]1O[C@H](CN)C(O)C1O. The summed E-state index contributed by atoms with van der Waals surface area (Å²) in [6.45, 7) is 1.96. The number of rotatable bonds is 1. The molecular formula is C6H13NO3. The zero-order valence-corrected chi connectivity index (χ0v) is 5.90. The predicted molar refractivity (Wildman–Crippen MR) is 35.4 cm³/mol. The molecule has 60 valence electrons. The smallest absolute Gasteiger partial charge is 0.110 e. The summed E-state index contributed by atoms with van der Waals surface area (Å²) in [5, 5.41) is 18.3. The van der Waals surface area contributed by atoms with Gasteiger partial charge < -0.3 is 20.7 Å². The first-order chi connectivity index (χ1) is 4.66. The van der Waals surface area contributed by atoms with Crippen molar-refractivity contribution in [2.24, 2.45) is 5.73 Å². The van der Waals surface area contributed by atoms with Gasteiger partial charge in [-0.25, -0.2) is 0 Å². The topological polar surface area (TPSA) is 75.7 Å². The van der Waals surface area contributed by atoms with Crippen LogP contribution in [0.25, 0.3) is 0 Å². The lowest BCUT2D eigenvalue weighted by Crippen LogP contribution is -2.35. The van der Waals surface area contributed by atoms with Gasteiger partial charge in [0.2, 0.25) is 0 Å². The quantitative estimate of drug-likeness (QED) is 0.420. The molecule has 4 nitrogen and oxygen atoms in total. The first kappa shape index (κ1) is 7.94. The molecule has 0 aromatic carbocycles. The Balaban J connectivity index is 2.53. The number of hydrogen-bond acceptors (Lipinski definition) is 4. The molecule has 0 saturated carbocycles. The Morgan fingerprint density at radius 3 is 2.20 bits per heavy atom. The van der Waals surface area contributed by atoms with Crippen LogP contribution < -0.4 is 5.73 Å². The van der Waals surface area contributed by atoms with Gasteiger partial charge in [0, 0.05) is 6.54 Å². The van der Waals surface area contributed by atoms with Crippen molar-refractivity contribution < 1.29 is 14.9 Å². The maximum absolute atomic E-state index is 9.17. The Hall–Kier alpha value is -0.160. The van der Waals surface area contributed by atoms with Gasteiger partial charge in [0.25, 0.3) is 0 Å². The maximum atomic E-state index is 9.17. The third-order valence-corrected chi connectivity index (χ3v) is 1.83. The zero-order valence-electron chi connectivity index (χ0n) is 5.90. The van der Waals surface area contributed by atoms with Crippen LogP contribution in [-0.2, 0) is 4.74 Å². The first-order valence-electron chi connectivity index (χ1n) is 3.38. The first-order valence-corrected chi connectivity index (χ1v) is 3.38. The Morgan fingerprint density at radius 1 is 1.40 bits per heavy atom. The van der Waals surface area contributed by atoms with E-state index >= 15 is 0 Å². The summed E-state index contributed by atoms with van der Waals surface area (Å²) in [6.07, 6.45) is -2.30. The molecule has 0 bridgehead atoms. The highest BCUT2D eigenvalue weighted by molar-refractivity contribution is 4.88. The van der Waals surface area contributed by atoms with Gasteiger partial charge in [-0.2, -0.15) is 0 Å². The van der Waals surface area contributed by atoms with Gasteiger partial charge in [-0.05, 0) is 6.92 Å². The monoisotopic (exact) mass is 147 g/mol. The van der Waals surface area contributed by atoms with Crippen molar-refractivity contribution in [3.8, 4) is 0 Å². The minimum atomic E-state index is -0.819. The molecule has 1 rings (SSSR count). The van der Waals surface area contributed by atoms with Crippen LogP contribution in [0.5, 0.6) is 0 Å². The fraction of sp³-hybridized carbons (Fsp3) is 1.00. The highest BCUT2D eigenvalue weighted by Gasteiger charge is 2.38. The second kappa shape index (κ2) is 2.84. The summed E-state index contributed by atoms with van der Waals surface area (Å²) in [7, 11) is 0. The van der Waals surface area contributed by atoms with E-state index in [1.165, 1.54) is 0 Å². The molecule has 0 amide bonds. The second-order valence-corrected chi connectivity index (χ2v) is 2.60. The minimum absolute atomic E-state index is 0.253. The van der Waals surface area contributed by atoms with Gasteiger partial charge >= 0.3 is 0 Å². The molecule has 1 fully saturated rings. The van der Waals surface area contributed by atoms with Gasteiger partial charge in [0.1, 0.15) is 12.2 Å². The summed E-state index contributed by atoms with van der Waals surface area (Å²) in [6, 6.07) is 0. The molecule has 0 spiro atoms. The number of ether oxygens (including phenoxy) is 1. The standard InChI is InChI=1S/C6H13NO3/c1-3-5(8)6(9)4(2-7)10-3/h3-6,8-9H,2,7H2,1H3/t3-,4+,5?,6?/m0/s1. The lowest BCUT2D eigenvalue weighted by Gasteiger charge is -2.10. The van der Waals surface area contributed by atoms with Gasteiger partial charge in [0.05, 0.1) is 12.2 Å². The lowest BCUT2D eigenvalue weighted by atomic mass is 10.1. The normalized spacial score (nSPS) is 48.0. The second-order valence-electron chi connectivity index (χ2n) is 2.60. The Morgan fingerprint density at radius 2 is 2.00 bits per heavy atom. The molecule has 2 unspecified atom stereocenters. The van der Waals surface area contributed by atoms with Crippen LogP contribution >= 0.6 is 0 Å². The van der Waals surface area contributed by atoms with Crippen LogP contribution in [0.1, 0.15) is 6.92 Å². The molecule has 0 radical (unpaired) electrons. The van der Waals surface area contributed by atoms with Crippen LogP contribution in [0.3, 0.4) is 0 Å². The van der Waals surface area contributed by atoms with Crippen LogP contribution in [0.2, 0.25) is 0 Å². The highest BCUT2D eigenvalue weighted by Crippen LogP contribution is 2.19. The molecule has 1 aliphatic heterocycles. The Labute approximate surface area is 59.6 Å². The van der Waals surface area contributed by atoms with Crippen molar-refractivity contribution in [3.63, 3.8) is 0 Å². The van der Waals surface area contributed by atoms with E-state index in [0.717, 1.165) is 0 Å². The van der Waals surface area contributed by atoms with Crippen LogP contribution in [0.4, 0.5) is 0 Å². The molecule has 4 atom stereocenters. The van der Waals surface area contributed by atoms with Crippen molar-refractivity contribution in [3.05, 3.63) is 0 Å². The van der Waals surface area contributed by atoms with Gasteiger partial charge in [-0.3, -0.25) is 0 Å². The number of hydrogen-bond donors (Lipinski definition) is 3. The number of nitrogens with two attached hydrogens (primary N) is 1. The largest absolute Gasteiger partial charge is 0.388 e. The molecule has 4 N–H and O–H groups in total. The lowest BCUT2D eigenvalue weighted by molar-refractivity contribution is 0.0223. The molecule has 0 aliphatic carbocycles. The van der Waals surface area contributed by atoms with E-state index in [1.54, 1.807) is 6.92 Å². The fourth-order valence-corrected chi connectivity index (χ4v) is 1.13. The summed E-state index contributed by atoms with van der Waals surface area (Å²) in [5.41, 5.74) is 5.25. The number of aliphatic hydroxyl groups is 2. The van der Waals surface area contributed by atoms with E-state index in [0.29, 0.717) is 0 Å². The summed E-state index contributed by atoms with van der Waals surface area (Å²) < 4.78 is 5.11. The Bertz CT molecular complexity index is 120. The van der Waals surface area contributed by atoms with Crippen LogP contribution in [-0.4, -0.2) is 41.2 Å². The van der Waals surface area contributed by atoms with E-state index in [9.17, 15) is 5.11 Å². The molecule has 1 aliphatic rings. The molecule has 4 heteroatoms. The van der Waals surface area contributed by atoms with Crippen molar-refractivity contribution in [2.75, 3.05) is 6.54 Å². The average Bonchev–Trinajstić information content (AvgIpc) is 2.17. The highest BCUT2D eigenvalue weighted by atomic mass is 16.5. The molecule has 1 saturated heterocycles. The van der Waals surface area contributed by atoms with Crippen molar-refractivity contribution in [1.29, 1.82) is 0 Å². The third kappa shape index (κ3) is 1.15. The molecule has 1 heterocycles. The third-order valence-electron chi connectivity index (χ3n) is 1.83. The summed E-state index contributed by atoms with van der Waals surface area (Å²) in [5.74, 6) is 0. The maximum Gasteiger partial charge on any atom is 0.110 e. The summed E-state index contributed by atoms with van der Waals surface area (Å²) in [4.78, 5) is 0.